The molecule has 0 aliphatic carbocycles. The normalized spacial score (nSPS) is 14.4. The molecule has 0 unspecified atom stereocenters. The van der Waals surface area contributed by atoms with Gasteiger partial charge in [0.1, 0.15) is 11.3 Å². The van der Waals surface area contributed by atoms with Gasteiger partial charge in [0.15, 0.2) is 11.3 Å². The zero-order valence-corrected chi connectivity index (χ0v) is 14.0. The number of morpholine rings is 1. The van der Waals surface area contributed by atoms with E-state index >= 15 is 0 Å². The van der Waals surface area contributed by atoms with Crippen LogP contribution in [-0.4, -0.2) is 32.3 Å². The zero-order valence-electron chi connectivity index (χ0n) is 14.0. The van der Waals surface area contributed by atoms with E-state index in [4.69, 9.17) is 13.9 Å². The van der Waals surface area contributed by atoms with Crippen LogP contribution in [0.1, 0.15) is 10.4 Å². The summed E-state index contributed by atoms with van der Waals surface area (Å²) in [5.41, 5.74) is 0.710. The number of hydrogen-bond acceptors (Lipinski definition) is 6. The number of rotatable bonds is 3. The molecule has 1 aliphatic rings. The second-order valence-corrected chi connectivity index (χ2v) is 5.96. The summed E-state index contributed by atoms with van der Waals surface area (Å²) in [6, 6.07) is 15.0. The Balaban J connectivity index is 1.65. The van der Waals surface area contributed by atoms with Gasteiger partial charge in [-0.25, -0.2) is 4.79 Å². The summed E-state index contributed by atoms with van der Waals surface area (Å²) in [5, 5.41) is 0.446. The fraction of sp³-hybridized carbons (Fsp3) is 0.200. The molecule has 1 fully saturated rings. The average Bonchev–Trinajstić information content (AvgIpc) is 2.69. The number of ether oxygens (including phenoxy) is 2. The van der Waals surface area contributed by atoms with E-state index in [0.29, 0.717) is 54.5 Å². The highest BCUT2D eigenvalue weighted by Crippen LogP contribution is 2.24. The average molecular weight is 351 g/mol. The van der Waals surface area contributed by atoms with Crippen LogP contribution in [0.4, 0.5) is 5.88 Å². The van der Waals surface area contributed by atoms with E-state index in [1.165, 1.54) is 6.07 Å². The third kappa shape index (κ3) is 3.32. The van der Waals surface area contributed by atoms with Crippen molar-refractivity contribution < 1.29 is 18.7 Å². The minimum atomic E-state index is -0.461. The van der Waals surface area contributed by atoms with Gasteiger partial charge >= 0.3 is 5.97 Å². The number of carbonyl (C=O) groups is 1. The van der Waals surface area contributed by atoms with Crippen LogP contribution < -0.4 is 15.1 Å². The third-order valence-electron chi connectivity index (χ3n) is 4.23. The first-order valence-electron chi connectivity index (χ1n) is 8.38. The Bertz CT molecular complexity index is 990. The molecule has 132 valence electrons. The summed E-state index contributed by atoms with van der Waals surface area (Å²) in [6.45, 7) is 2.52. The number of esters is 1. The van der Waals surface area contributed by atoms with Crippen LogP contribution in [-0.2, 0) is 4.74 Å². The van der Waals surface area contributed by atoms with Crippen molar-refractivity contribution in [3.8, 4) is 5.75 Å². The monoisotopic (exact) mass is 351 g/mol. The predicted octanol–water partition coefficient (Wildman–Crippen LogP) is 2.85. The fourth-order valence-corrected chi connectivity index (χ4v) is 2.87. The molecule has 0 N–H and O–H groups in total. The van der Waals surface area contributed by atoms with Crippen LogP contribution in [0.15, 0.2) is 63.8 Å². The topological polar surface area (TPSA) is 69.0 Å². The molecule has 1 saturated heterocycles. The maximum Gasteiger partial charge on any atom is 0.343 e. The molecule has 6 heteroatoms. The molecule has 0 bridgehead atoms. The zero-order chi connectivity index (χ0) is 17.9. The molecule has 6 nitrogen and oxygen atoms in total. The Morgan fingerprint density at radius 2 is 1.77 bits per heavy atom. The van der Waals surface area contributed by atoms with Gasteiger partial charge in [-0.15, -0.1) is 0 Å². The van der Waals surface area contributed by atoms with Crippen molar-refractivity contribution in [3.05, 3.63) is 70.4 Å². The van der Waals surface area contributed by atoms with E-state index < -0.39 is 5.97 Å². The summed E-state index contributed by atoms with van der Waals surface area (Å²) in [7, 11) is 0. The summed E-state index contributed by atoms with van der Waals surface area (Å²) < 4.78 is 16.6. The molecule has 2 aromatic carbocycles. The summed E-state index contributed by atoms with van der Waals surface area (Å²) in [6.07, 6.45) is 0. The number of fused-ring (bicyclic) bond motifs is 1. The van der Waals surface area contributed by atoms with Gasteiger partial charge in [0.05, 0.1) is 24.2 Å². The Kier molecular flexibility index (Phi) is 4.41. The first kappa shape index (κ1) is 16.4. The molecule has 2 heterocycles. The largest absolute Gasteiger partial charge is 0.440 e. The van der Waals surface area contributed by atoms with E-state index in [2.05, 4.69) is 0 Å². The van der Waals surface area contributed by atoms with Gasteiger partial charge in [-0.2, -0.15) is 0 Å². The van der Waals surface area contributed by atoms with Crippen LogP contribution in [0, 0.1) is 0 Å². The molecule has 1 aliphatic heterocycles. The fourth-order valence-electron chi connectivity index (χ4n) is 2.87. The first-order valence-corrected chi connectivity index (χ1v) is 8.38. The van der Waals surface area contributed by atoms with Crippen molar-refractivity contribution in [3.63, 3.8) is 0 Å². The van der Waals surface area contributed by atoms with Gasteiger partial charge in [-0.3, -0.25) is 4.79 Å². The first-order chi connectivity index (χ1) is 12.7. The quantitative estimate of drug-likeness (QED) is 0.534. The summed E-state index contributed by atoms with van der Waals surface area (Å²) >= 11 is 0. The van der Waals surface area contributed by atoms with Gasteiger partial charge in [-0.05, 0) is 24.3 Å². The van der Waals surface area contributed by atoms with Crippen molar-refractivity contribution in [1.29, 1.82) is 0 Å². The maximum atomic E-state index is 12.4. The molecule has 0 saturated carbocycles. The van der Waals surface area contributed by atoms with Gasteiger partial charge in [0.2, 0.25) is 0 Å². The third-order valence-corrected chi connectivity index (χ3v) is 4.23. The molecule has 0 spiro atoms. The van der Waals surface area contributed by atoms with Crippen LogP contribution in [0.5, 0.6) is 5.75 Å². The van der Waals surface area contributed by atoms with Crippen LogP contribution in [0.3, 0.4) is 0 Å². The molecule has 0 atom stereocenters. The van der Waals surface area contributed by atoms with Gasteiger partial charge < -0.3 is 18.8 Å². The molecule has 26 heavy (non-hydrogen) atoms. The van der Waals surface area contributed by atoms with E-state index in [-0.39, 0.29) is 5.43 Å². The number of benzene rings is 2. The van der Waals surface area contributed by atoms with Crippen LogP contribution in [0.2, 0.25) is 0 Å². The van der Waals surface area contributed by atoms with Crippen molar-refractivity contribution in [1.82, 2.24) is 0 Å². The Hall–Kier alpha value is -3.12. The number of carbonyl (C=O) groups excluding carboxylic acids is 1. The lowest BCUT2D eigenvalue weighted by atomic mass is 10.2. The van der Waals surface area contributed by atoms with Crippen molar-refractivity contribution in [2.24, 2.45) is 0 Å². The maximum absolute atomic E-state index is 12.4. The van der Waals surface area contributed by atoms with E-state index in [1.54, 1.807) is 42.5 Å². The van der Waals surface area contributed by atoms with Crippen LogP contribution >= 0.6 is 0 Å². The van der Waals surface area contributed by atoms with Crippen molar-refractivity contribution >= 4 is 22.8 Å². The molecule has 3 aromatic rings. The highest BCUT2D eigenvalue weighted by atomic mass is 16.5. The summed E-state index contributed by atoms with van der Waals surface area (Å²) in [4.78, 5) is 26.5. The molecular weight excluding hydrogens is 334 g/mol. The minimum absolute atomic E-state index is 0.131. The lowest BCUT2D eigenvalue weighted by Crippen LogP contribution is -2.36. The molecule has 4 rings (SSSR count). The Morgan fingerprint density at radius 3 is 2.54 bits per heavy atom. The molecule has 0 amide bonds. The minimum Gasteiger partial charge on any atom is -0.440 e. The number of nitrogens with zero attached hydrogens (tertiary/aromatic N) is 1. The number of hydrogen-bond donors (Lipinski definition) is 0. The highest BCUT2D eigenvalue weighted by Gasteiger charge is 2.16. The second kappa shape index (κ2) is 7.01. The predicted molar refractivity (Wildman–Crippen MR) is 96.9 cm³/mol. The lowest BCUT2D eigenvalue weighted by molar-refractivity contribution is 0.0735. The van der Waals surface area contributed by atoms with E-state index in [9.17, 15) is 9.59 Å². The van der Waals surface area contributed by atoms with Crippen LogP contribution in [0.25, 0.3) is 11.0 Å². The SMILES string of the molecule is O=C(Oc1ccc2c(=O)cc(N3CCOCC3)oc2c1)c1ccccc1. The Morgan fingerprint density at radius 1 is 1.00 bits per heavy atom. The number of anilines is 1. The molecular formula is C20H17NO5. The summed E-state index contributed by atoms with van der Waals surface area (Å²) in [5.74, 6) is 0.364. The van der Waals surface area contributed by atoms with Gasteiger partial charge in [0.25, 0.3) is 0 Å². The smallest absolute Gasteiger partial charge is 0.343 e. The molecule has 0 radical (unpaired) electrons. The Labute approximate surface area is 149 Å². The highest BCUT2D eigenvalue weighted by molar-refractivity contribution is 5.91. The standard InChI is InChI=1S/C20H17NO5/c22-17-13-19(21-8-10-24-11-9-21)26-18-12-15(6-7-16(17)18)25-20(23)14-4-2-1-3-5-14/h1-7,12-13H,8-11H2. The van der Waals surface area contributed by atoms with Gasteiger partial charge in [-0.1, -0.05) is 18.2 Å². The lowest BCUT2D eigenvalue weighted by Gasteiger charge is -2.27. The van der Waals surface area contributed by atoms with Crippen molar-refractivity contribution in [2.75, 3.05) is 31.2 Å². The van der Waals surface area contributed by atoms with Crippen molar-refractivity contribution in [2.45, 2.75) is 0 Å². The molecule has 1 aromatic heterocycles. The van der Waals surface area contributed by atoms with E-state index in [1.807, 2.05) is 11.0 Å². The van der Waals surface area contributed by atoms with Gasteiger partial charge in [0, 0.05) is 25.2 Å². The van der Waals surface area contributed by atoms with E-state index in [0.717, 1.165) is 0 Å². The second-order valence-electron chi connectivity index (χ2n) is 5.96.